The number of phenols is 1. The third kappa shape index (κ3) is 7.62. The van der Waals surface area contributed by atoms with E-state index in [2.05, 4.69) is 15.6 Å². The molecule has 12 heteroatoms. The summed E-state index contributed by atoms with van der Waals surface area (Å²) >= 11 is 1.50. The summed E-state index contributed by atoms with van der Waals surface area (Å²) in [5.41, 5.74) is 8.76. The number of amides is 3. The zero-order chi connectivity index (χ0) is 30.2. The van der Waals surface area contributed by atoms with Crippen LogP contribution in [0, 0.1) is 0 Å². The van der Waals surface area contributed by atoms with Gasteiger partial charge < -0.3 is 36.5 Å². The lowest BCUT2D eigenvalue weighted by atomic mass is 10.0. The van der Waals surface area contributed by atoms with Crippen LogP contribution in [-0.2, 0) is 32.0 Å². The second-order valence-corrected chi connectivity index (χ2v) is 11.5. The van der Waals surface area contributed by atoms with Gasteiger partial charge in [0.05, 0.1) is 6.04 Å². The number of aromatic amines is 1. The van der Waals surface area contributed by atoms with Gasteiger partial charge in [-0.05, 0) is 67.0 Å². The first-order chi connectivity index (χ1) is 20.2. The number of carbonyl (C=O) groups is 4. The van der Waals surface area contributed by atoms with Crippen molar-refractivity contribution in [1.29, 1.82) is 0 Å². The first-order valence-electron chi connectivity index (χ1n) is 13.9. The standard InChI is InChI=1S/C30H37N5O6S/c1-42-14-12-24(29(39)35-13-4-7-26(35)30(40)41)33-28(38)25(15-18-8-10-20(36)11-9-18)34-27(37)22(31)16-19-17-32-23-6-3-2-5-21(19)23/h2-3,5-6,8-11,17,22,24-26,32,36H,4,7,12-16,31H2,1H3,(H,33,38)(H,34,37)(H,40,41). The number of H-pyrrole nitrogens is 1. The Kier molecular flexibility index (Phi) is 10.5. The average Bonchev–Trinajstić information content (AvgIpc) is 3.63. The highest BCUT2D eigenvalue weighted by molar-refractivity contribution is 7.98. The van der Waals surface area contributed by atoms with E-state index in [0.29, 0.717) is 37.1 Å². The van der Waals surface area contributed by atoms with Crippen LogP contribution in [0.1, 0.15) is 30.4 Å². The van der Waals surface area contributed by atoms with Crippen molar-refractivity contribution < 1.29 is 29.4 Å². The van der Waals surface area contributed by atoms with E-state index >= 15 is 0 Å². The van der Waals surface area contributed by atoms with Crippen molar-refractivity contribution in [2.75, 3.05) is 18.6 Å². The molecule has 0 radical (unpaired) electrons. The molecule has 224 valence electrons. The Morgan fingerprint density at radius 3 is 2.48 bits per heavy atom. The van der Waals surface area contributed by atoms with E-state index in [-0.39, 0.29) is 18.6 Å². The number of aliphatic carboxylic acids is 1. The molecule has 1 aliphatic rings. The highest BCUT2D eigenvalue weighted by atomic mass is 32.2. The zero-order valence-electron chi connectivity index (χ0n) is 23.4. The first kappa shape index (κ1) is 30.9. The number of carboxylic acid groups (broad SMARTS) is 1. The normalized spacial score (nSPS) is 17.0. The van der Waals surface area contributed by atoms with Crippen molar-refractivity contribution in [1.82, 2.24) is 20.5 Å². The molecular weight excluding hydrogens is 558 g/mol. The molecule has 0 saturated carbocycles. The number of likely N-dealkylation sites (tertiary alicyclic amines) is 1. The molecule has 1 saturated heterocycles. The molecule has 2 heterocycles. The van der Waals surface area contributed by atoms with Gasteiger partial charge in [0.2, 0.25) is 17.7 Å². The number of rotatable bonds is 13. The largest absolute Gasteiger partial charge is 0.508 e. The lowest BCUT2D eigenvalue weighted by Crippen LogP contribution is -2.58. The van der Waals surface area contributed by atoms with Gasteiger partial charge in [0.25, 0.3) is 0 Å². The summed E-state index contributed by atoms with van der Waals surface area (Å²) in [5, 5.41) is 25.8. The maximum absolute atomic E-state index is 13.7. The molecule has 42 heavy (non-hydrogen) atoms. The number of carboxylic acids is 1. The van der Waals surface area contributed by atoms with Gasteiger partial charge in [-0.1, -0.05) is 30.3 Å². The summed E-state index contributed by atoms with van der Waals surface area (Å²) in [6, 6.07) is 10.0. The second-order valence-electron chi connectivity index (χ2n) is 10.5. The molecule has 0 bridgehead atoms. The van der Waals surface area contributed by atoms with E-state index in [1.165, 1.54) is 28.8 Å². The van der Waals surface area contributed by atoms with Crippen molar-refractivity contribution in [2.24, 2.45) is 5.73 Å². The van der Waals surface area contributed by atoms with E-state index < -0.39 is 47.9 Å². The Hall–Kier alpha value is -4.03. The van der Waals surface area contributed by atoms with Crippen LogP contribution in [0.25, 0.3) is 10.9 Å². The number of fused-ring (bicyclic) bond motifs is 1. The Bertz CT molecular complexity index is 1410. The van der Waals surface area contributed by atoms with Gasteiger partial charge >= 0.3 is 5.97 Å². The fraction of sp³-hybridized carbons (Fsp3) is 0.400. The zero-order valence-corrected chi connectivity index (χ0v) is 24.2. The van der Waals surface area contributed by atoms with Gasteiger partial charge in [-0.3, -0.25) is 14.4 Å². The average molecular weight is 596 g/mol. The Balaban J connectivity index is 1.51. The summed E-state index contributed by atoms with van der Waals surface area (Å²) < 4.78 is 0. The van der Waals surface area contributed by atoms with Crippen LogP contribution < -0.4 is 16.4 Å². The number of thioether (sulfide) groups is 1. The predicted octanol–water partition coefficient (Wildman–Crippen LogP) is 1.78. The lowest BCUT2D eigenvalue weighted by Gasteiger charge is -2.29. The van der Waals surface area contributed by atoms with Gasteiger partial charge in [0.15, 0.2) is 0 Å². The molecule has 11 nitrogen and oxygen atoms in total. The van der Waals surface area contributed by atoms with E-state index in [1.54, 1.807) is 12.1 Å². The van der Waals surface area contributed by atoms with Crippen LogP contribution in [0.5, 0.6) is 5.75 Å². The first-order valence-corrected chi connectivity index (χ1v) is 15.3. The summed E-state index contributed by atoms with van der Waals surface area (Å²) in [7, 11) is 0. The minimum Gasteiger partial charge on any atom is -0.508 e. The lowest BCUT2D eigenvalue weighted by molar-refractivity contribution is -0.149. The topological polar surface area (TPSA) is 178 Å². The molecule has 4 unspecified atom stereocenters. The van der Waals surface area contributed by atoms with Crippen LogP contribution in [0.4, 0.5) is 0 Å². The maximum Gasteiger partial charge on any atom is 0.326 e. The fourth-order valence-electron chi connectivity index (χ4n) is 5.24. The summed E-state index contributed by atoms with van der Waals surface area (Å²) in [5.74, 6) is -2.01. The van der Waals surface area contributed by atoms with Gasteiger partial charge in [-0.2, -0.15) is 11.8 Å². The maximum atomic E-state index is 13.7. The molecule has 7 N–H and O–H groups in total. The molecule has 2 aromatic carbocycles. The third-order valence-corrected chi connectivity index (χ3v) is 8.15. The highest BCUT2D eigenvalue weighted by Gasteiger charge is 2.38. The van der Waals surface area contributed by atoms with Crippen LogP contribution in [0.3, 0.4) is 0 Å². The molecule has 1 aromatic heterocycles. The smallest absolute Gasteiger partial charge is 0.326 e. The molecular formula is C30H37N5O6S. The third-order valence-electron chi connectivity index (χ3n) is 7.51. The van der Waals surface area contributed by atoms with Crippen molar-refractivity contribution in [2.45, 2.75) is 56.3 Å². The summed E-state index contributed by atoms with van der Waals surface area (Å²) in [6.07, 6.45) is 5.24. The minimum absolute atomic E-state index is 0.0610. The summed E-state index contributed by atoms with van der Waals surface area (Å²) in [6.45, 7) is 0.303. The molecule has 0 aliphatic carbocycles. The van der Waals surface area contributed by atoms with E-state index in [0.717, 1.165) is 16.5 Å². The number of hydrogen-bond donors (Lipinski definition) is 6. The number of para-hydroxylation sites is 1. The number of nitrogens with two attached hydrogens (primary N) is 1. The van der Waals surface area contributed by atoms with Crippen molar-refractivity contribution >= 4 is 46.4 Å². The van der Waals surface area contributed by atoms with Crippen molar-refractivity contribution in [3.63, 3.8) is 0 Å². The van der Waals surface area contributed by atoms with Gasteiger partial charge in [0.1, 0.15) is 23.9 Å². The second kappa shape index (κ2) is 14.2. The number of nitrogens with zero attached hydrogens (tertiary/aromatic N) is 1. The number of aromatic nitrogens is 1. The van der Waals surface area contributed by atoms with Gasteiger partial charge in [-0.25, -0.2) is 4.79 Å². The van der Waals surface area contributed by atoms with Crippen molar-refractivity contribution in [3.05, 3.63) is 65.9 Å². The summed E-state index contributed by atoms with van der Waals surface area (Å²) in [4.78, 5) is 56.6. The minimum atomic E-state index is -1.07. The van der Waals surface area contributed by atoms with Crippen molar-refractivity contribution in [3.8, 4) is 5.75 Å². The monoisotopic (exact) mass is 595 g/mol. The molecule has 4 rings (SSSR count). The van der Waals surface area contributed by atoms with Crippen LogP contribution >= 0.6 is 11.8 Å². The molecule has 1 fully saturated rings. The molecule has 0 spiro atoms. The number of benzene rings is 2. The number of nitrogens with one attached hydrogen (secondary N) is 3. The van der Waals surface area contributed by atoms with Crippen LogP contribution in [0.2, 0.25) is 0 Å². The van der Waals surface area contributed by atoms with Crippen LogP contribution in [-0.4, -0.2) is 86.5 Å². The van der Waals surface area contributed by atoms with Crippen LogP contribution in [0.15, 0.2) is 54.7 Å². The van der Waals surface area contributed by atoms with E-state index in [1.807, 2.05) is 36.7 Å². The Labute approximate surface area is 248 Å². The fourth-order valence-corrected chi connectivity index (χ4v) is 5.71. The molecule has 3 amide bonds. The number of aromatic hydroxyl groups is 1. The predicted molar refractivity (Wildman–Crippen MR) is 161 cm³/mol. The molecule has 1 aliphatic heterocycles. The number of phenolic OH excluding ortho intramolecular Hbond substituents is 1. The SMILES string of the molecule is CSCCC(NC(=O)C(Cc1ccc(O)cc1)NC(=O)C(N)Cc1c[nH]c2ccccc12)C(=O)N1CCCC1C(=O)O. The van der Waals surface area contributed by atoms with E-state index in [9.17, 15) is 29.4 Å². The molecule has 3 aromatic rings. The van der Waals surface area contributed by atoms with Gasteiger partial charge in [0, 0.05) is 30.1 Å². The quantitative estimate of drug-likeness (QED) is 0.173. The Morgan fingerprint density at radius 1 is 1.05 bits per heavy atom. The van der Waals surface area contributed by atoms with E-state index in [4.69, 9.17) is 5.73 Å². The number of hydrogen-bond acceptors (Lipinski definition) is 7. The molecule has 4 atom stereocenters. The Morgan fingerprint density at radius 2 is 1.76 bits per heavy atom. The highest BCUT2D eigenvalue weighted by Crippen LogP contribution is 2.21. The van der Waals surface area contributed by atoms with Gasteiger partial charge in [-0.15, -0.1) is 0 Å². The number of carbonyl (C=O) groups excluding carboxylic acids is 3.